The van der Waals surface area contributed by atoms with Gasteiger partial charge in [-0.3, -0.25) is 0 Å². The van der Waals surface area contributed by atoms with Crippen LogP contribution in [-0.2, 0) is 4.74 Å². The average Bonchev–Trinajstić information content (AvgIpc) is 2.26. The summed E-state index contributed by atoms with van der Waals surface area (Å²) >= 11 is 11.5. The van der Waals surface area contributed by atoms with E-state index < -0.39 is 17.0 Å². The lowest BCUT2D eigenvalue weighted by molar-refractivity contribution is 0.167. The molecule has 0 aliphatic rings. The highest BCUT2D eigenvalue weighted by atomic mass is 35.5. The maximum Gasteiger partial charge on any atom is 0.407 e. The summed E-state index contributed by atoms with van der Waals surface area (Å²) in [6.45, 7) is 0. The standard InChI is InChI=1S/C10H11Cl2NO2/c1-15-10(14)13-8(9(11)12)7-5-3-2-4-6-7/h2-6,8-9H,1H3,(H,13,14). The van der Waals surface area contributed by atoms with Gasteiger partial charge in [-0.1, -0.05) is 30.3 Å². The van der Waals surface area contributed by atoms with Crippen LogP contribution in [0.5, 0.6) is 0 Å². The zero-order valence-electron chi connectivity index (χ0n) is 8.11. The molecule has 0 bridgehead atoms. The lowest BCUT2D eigenvalue weighted by Crippen LogP contribution is -2.32. The van der Waals surface area contributed by atoms with Crippen LogP contribution in [0, 0.1) is 0 Å². The molecule has 0 aliphatic carbocycles. The Morgan fingerprint density at radius 2 is 1.93 bits per heavy atom. The Kier molecular flexibility index (Phi) is 4.72. The van der Waals surface area contributed by atoms with Crippen molar-refractivity contribution in [3.05, 3.63) is 35.9 Å². The zero-order chi connectivity index (χ0) is 11.3. The van der Waals surface area contributed by atoms with E-state index in [0.717, 1.165) is 5.56 Å². The van der Waals surface area contributed by atoms with Crippen molar-refractivity contribution >= 4 is 29.3 Å². The molecule has 1 aromatic carbocycles. The van der Waals surface area contributed by atoms with Crippen LogP contribution in [0.1, 0.15) is 11.6 Å². The molecular weight excluding hydrogens is 237 g/mol. The largest absolute Gasteiger partial charge is 0.453 e. The molecule has 1 unspecified atom stereocenters. The molecule has 0 saturated carbocycles. The highest BCUT2D eigenvalue weighted by molar-refractivity contribution is 6.44. The molecule has 1 rings (SSSR count). The molecular formula is C10H11Cl2NO2. The second kappa shape index (κ2) is 5.83. The average molecular weight is 248 g/mol. The van der Waals surface area contributed by atoms with E-state index in [9.17, 15) is 4.79 Å². The zero-order valence-corrected chi connectivity index (χ0v) is 9.63. The minimum Gasteiger partial charge on any atom is -0.453 e. The monoisotopic (exact) mass is 247 g/mol. The van der Waals surface area contributed by atoms with Gasteiger partial charge in [0.2, 0.25) is 0 Å². The summed E-state index contributed by atoms with van der Waals surface area (Å²) in [5, 5.41) is 2.56. The van der Waals surface area contributed by atoms with Crippen molar-refractivity contribution in [2.24, 2.45) is 0 Å². The number of hydrogen-bond acceptors (Lipinski definition) is 2. The lowest BCUT2D eigenvalue weighted by atomic mass is 10.1. The molecule has 0 aromatic heterocycles. The summed E-state index contributed by atoms with van der Waals surface area (Å²) in [6, 6.07) is 8.75. The first-order chi connectivity index (χ1) is 7.15. The number of carbonyl (C=O) groups is 1. The van der Waals surface area contributed by atoms with Crippen molar-refractivity contribution in [3.8, 4) is 0 Å². The molecule has 0 aliphatic heterocycles. The number of benzene rings is 1. The summed E-state index contributed by atoms with van der Waals surface area (Å²) in [6.07, 6.45) is -0.560. The van der Waals surface area contributed by atoms with Gasteiger partial charge in [0.05, 0.1) is 13.2 Å². The van der Waals surface area contributed by atoms with Crippen LogP contribution in [0.4, 0.5) is 4.79 Å². The van der Waals surface area contributed by atoms with Crippen LogP contribution in [0.3, 0.4) is 0 Å². The number of hydrogen-bond donors (Lipinski definition) is 1. The predicted octanol–water partition coefficient (Wildman–Crippen LogP) is 2.89. The van der Waals surface area contributed by atoms with Crippen molar-refractivity contribution in [2.75, 3.05) is 7.11 Å². The molecule has 82 valence electrons. The number of rotatable bonds is 3. The molecule has 1 atom stereocenters. The maximum atomic E-state index is 11.0. The van der Waals surface area contributed by atoms with E-state index in [2.05, 4.69) is 10.1 Å². The van der Waals surface area contributed by atoms with Gasteiger partial charge in [0.1, 0.15) is 4.84 Å². The summed E-state index contributed by atoms with van der Waals surface area (Å²) in [5.74, 6) is 0. The van der Waals surface area contributed by atoms with E-state index >= 15 is 0 Å². The van der Waals surface area contributed by atoms with Crippen LogP contribution in [-0.4, -0.2) is 18.0 Å². The van der Waals surface area contributed by atoms with E-state index in [1.807, 2.05) is 30.3 Å². The number of ether oxygens (including phenoxy) is 1. The number of halogens is 2. The van der Waals surface area contributed by atoms with Crippen molar-refractivity contribution in [2.45, 2.75) is 10.9 Å². The smallest absolute Gasteiger partial charge is 0.407 e. The normalized spacial score (nSPS) is 12.3. The Morgan fingerprint density at radius 3 is 2.40 bits per heavy atom. The van der Waals surface area contributed by atoms with Gasteiger partial charge in [0.15, 0.2) is 0 Å². The van der Waals surface area contributed by atoms with Gasteiger partial charge in [-0.2, -0.15) is 0 Å². The molecule has 0 saturated heterocycles. The molecule has 3 nitrogen and oxygen atoms in total. The first-order valence-corrected chi connectivity index (χ1v) is 5.20. The summed E-state index contributed by atoms with van der Waals surface area (Å²) < 4.78 is 4.49. The summed E-state index contributed by atoms with van der Waals surface area (Å²) in [5.41, 5.74) is 0.831. The third-order valence-corrected chi connectivity index (χ3v) is 2.37. The van der Waals surface area contributed by atoms with Crippen molar-refractivity contribution in [1.82, 2.24) is 5.32 Å². The third kappa shape index (κ3) is 3.61. The molecule has 1 N–H and O–H groups in total. The Hall–Kier alpha value is -0.930. The fraction of sp³-hybridized carbons (Fsp3) is 0.300. The Morgan fingerprint density at radius 1 is 1.33 bits per heavy atom. The maximum absolute atomic E-state index is 11.0. The number of amides is 1. The van der Waals surface area contributed by atoms with Crippen molar-refractivity contribution in [3.63, 3.8) is 0 Å². The minimum absolute atomic E-state index is 0.470. The first kappa shape index (κ1) is 12.1. The number of methoxy groups -OCH3 is 1. The van der Waals surface area contributed by atoms with Crippen LogP contribution in [0.15, 0.2) is 30.3 Å². The van der Waals surface area contributed by atoms with Gasteiger partial charge in [-0.15, -0.1) is 23.2 Å². The van der Waals surface area contributed by atoms with Gasteiger partial charge in [-0.05, 0) is 5.56 Å². The van der Waals surface area contributed by atoms with E-state index in [0.29, 0.717) is 0 Å². The van der Waals surface area contributed by atoms with Gasteiger partial charge < -0.3 is 10.1 Å². The lowest BCUT2D eigenvalue weighted by Gasteiger charge is -2.19. The molecule has 5 heteroatoms. The van der Waals surface area contributed by atoms with Crippen molar-refractivity contribution in [1.29, 1.82) is 0 Å². The Labute approximate surface area is 98.3 Å². The fourth-order valence-corrected chi connectivity index (χ4v) is 1.56. The SMILES string of the molecule is COC(=O)NC(c1ccccc1)C(Cl)Cl. The predicted molar refractivity (Wildman–Crippen MR) is 60.2 cm³/mol. The number of alkyl carbamates (subject to hydrolysis) is 1. The number of carbonyl (C=O) groups excluding carboxylic acids is 1. The highest BCUT2D eigenvalue weighted by Crippen LogP contribution is 2.23. The molecule has 1 amide bonds. The molecule has 1 aromatic rings. The fourth-order valence-electron chi connectivity index (χ4n) is 1.14. The number of nitrogens with one attached hydrogen (secondary N) is 1. The van der Waals surface area contributed by atoms with Gasteiger partial charge >= 0.3 is 6.09 Å². The Bertz CT molecular complexity index is 316. The summed E-state index contributed by atoms with van der Waals surface area (Å²) in [7, 11) is 1.29. The minimum atomic E-state index is -0.730. The Balaban J connectivity index is 2.79. The van der Waals surface area contributed by atoms with Crippen LogP contribution >= 0.6 is 23.2 Å². The molecule has 15 heavy (non-hydrogen) atoms. The highest BCUT2D eigenvalue weighted by Gasteiger charge is 2.21. The van der Waals surface area contributed by atoms with Crippen molar-refractivity contribution < 1.29 is 9.53 Å². The quantitative estimate of drug-likeness (QED) is 0.835. The van der Waals surface area contributed by atoms with E-state index in [1.165, 1.54) is 7.11 Å². The molecule has 0 radical (unpaired) electrons. The second-order valence-electron chi connectivity index (χ2n) is 2.86. The summed E-state index contributed by atoms with van der Waals surface area (Å²) in [4.78, 5) is 10.3. The second-order valence-corrected chi connectivity index (χ2v) is 4.02. The van der Waals surface area contributed by atoms with Crippen LogP contribution < -0.4 is 5.32 Å². The van der Waals surface area contributed by atoms with Gasteiger partial charge in [0, 0.05) is 0 Å². The van der Waals surface area contributed by atoms with E-state index in [4.69, 9.17) is 23.2 Å². The van der Waals surface area contributed by atoms with Crippen LogP contribution in [0.2, 0.25) is 0 Å². The molecule has 0 heterocycles. The third-order valence-electron chi connectivity index (χ3n) is 1.87. The first-order valence-electron chi connectivity index (χ1n) is 4.32. The van der Waals surface area contributed by atoms with Gasteiger partial charge in [-0.25, -0.2) is 4.79 Å². The van der Waals surface area contributed by atoms with E-state index in [1.54, 1.807) is 0 Å². The topological polar surface area (TPSA) is 38.3 Å². The van der Waals surface area contributed by atoms with E-state index in [-0.39, 0.29) is 0 Å². The molecule has 0 spiro atoms. The van der Waals surface area contributed by atoms with Gasteiger partial charge in [0.25, 0.3) is 0 Å². The molecule has 0 fully saturated rings. The number of alkyl halides is 2. The van der Waals surface area contributed by atoms with Crippen LogP contribution in [0.25, 0.3) is 0 Å².